The van der Waals surface area contributed by atoms with Gasteiger partial charge in [-0.1, -0.05) is 40.2 Å². The Labute approximate surface area is 155 Å². The Morgan fingerprint density at radius 2 is 1.52 bits per heavy atom. The Bertz CT molecular complexity index is 482. The molecule has 1 N–H and O–H groups in total. The minimum atomic E-state index is -5.96. The van der Waals surface area contributed by atoms with Gasteiger partial charge in [-0.3, -0.25) is 0 Å². The van der Waals surface area contributed by atoms with E-state index >= 15 is 0 Å². The van der Waals surface area contributed by atoms with Gasteiger partial charge in [0, 0.05) is 12.0 Å². The highest BCUT2D eigenvalue weighted by Gasteiger charge is 2.71. The molecule has 0 aliphatic carbocycles. The Kier molecular flexibility index (Phi) is 9.34. The van der Waals surface area contributed by atoms with Crippen LogP contribution >= 0.6 is 0 Å². The van der Waals surface area contributed by atoms with Crippen molar-refractivity contribution in [2.24, 2.45) is 11.8 Å². The van der Waals surface area contributed by atoms with Crippen molar-refractivity contribution in [1.82, 2.24) is 0 Å². The van der Waals surface area contributed by atoms with E-state index in [9.17, 15) is 36.2 Å². The molecule has 0 amide bonds. The molecular weight excluding hydrogens is 378 g/mol. The first kappa shape index (κ1) is 25.8. The van der Waals surface area contributed by atoms with Crippen LogP contribution in [0.2, 0.25) is 0 Å². The minimum absolute atomic E-state index is 0.151. The summed E-state index contributed by atoms with van der Waals surface area (Å²) in [6, 6.07) is 0. The molecule has 0 aromatic heterocycles. The van der Waals surface area contributed by atoms with Crippen LogP contribution in [-0.2, 0) is 9.53 Å². The van der Waals surface area contributed by atoms with E-state index in [4.69, 9.17) is 4.74 Å². The van der Waals surface area contributed by atoms with E-state index in [1.165, 1.54) is 6.92 Å². The lowest BCUT2D eigenvalue weighted by Crippen LogP contribution is -2.59. The normalized spacial score (nSPS) is 15.6. The molecule has 0 rings (SSSR count). The van der Waals surface area contributed by atoms with Gasteiger partial charge >= 0.3 is 18.3 Å². The molecule has 0 aliphatic rings. The summed E-state index contributed by atoms with van der Waals surface area (Å²) in [5.41, 5.74) is -5.12. The predicted molar refractivity (Wildman–Crippen MR) is 88.8 cm³/mol. The largest absolute Gasteiger partial charge is 0.459 e. The average molecular weight is 406 g/mol. The molecule has 0 saturated carbocycles. The molecule has 0 bridgehead atoms. The van der Waals surface area contributed by atoms with Crippen molar-refractivity contribution in [2.45, 2.75) is 83.9 Å². The van der Waals surface area contributed by atoms with Crippen molar-refractivity contribution >= 4 is 5.97 Å². The van der Waals surface area contributed by atoms with Gasteiger partial charge in [-0.15, -0.1) is 0 Å². The first-order valence-corrected chi connectivity index (χ1v) is 8.79. The maximum absolute atomic E-state index is 13.1. The summed E-state index contributed by atoms with van der Waals surface area (Å²) in [5, 5.41) is 9.54. The molecular formula is C18H28F6O3. The fourth-order valence-electron chi connectivity index (χ4n) is 2.66. The molecule has 2 unspecified atom stereocenters. The molecule has 0 fully saturated rings. The second kappa shape index (κ2) is 9.80. The summed E-state index contributed by atoms with van der Waals surface area (Å²) >= 11 is 0. The van der Waals surface area contributed by atoms with Gasteiger partial charge in [-0.2, -0.15) is 26.3 Å². The Hall–Kier alpha value is -1.25. The molecule has 0 spiro atoms. The van der Waals surface area contributed by atoms with E-state index in [0.29, 0.717) is 12.8 Å². The third-order valence-corrected chi connectivity index (χ3v) is 4.34. The highest BCUT2D eigenvalue weighted by molar-refractivity contribution is 5.87. The Morgan fingerprint density at radius 1 is 1.04 bits per heavy atom. The first-order chi connectivity index (χ1) is 12.1. The number of ether oxygens (including phenoxy) is 1. The van der Waals surface area contributed by atoms with Crippen LogP contribution in [0.1, 0.15) is 59.8 Å². The molecule has 0 radical (unpaired) electrons. The third-order valence-electron chi connectivity index (χ3n) is 4.34. The minimum Gasteiger partial charge on any atom is -0.459 e. The van der Waals surface area contributed by atoms with Gasteiger partial charge in [-0.25, -0.2) is 4.79 Å². The summed E-state index contributed by atoms with van der Waals surface area (Å²) in [5.74, 6) is -1.68. The summed E-state index contributed by atoms with van der Waals surface area (Å²) in [7, 11) is 0. The van der Waals surface area contributed by atoms with Gasteiger partial charge in [0.05, 0.1) is 0 Å². The van der Waals surface area contributed by atoms with Gasteiger partial charge in [0.25, 0.3) is 5.60 Å². The number of halogens is 6. The van der Waals surface area contributed by atoms with Crippen molar-refractivity contribution in [3.05, 3.63) is 12.2 Å². The Balaban J connectivity index is 5.92. The lowest BCUT2D eigenvalue weighted by molar-refractivity contribution is -0.375. The molecule has 0 aromatic carbocycles. The van der Waals surface area contributed by atoms with Crippen LogP contribution in [0.15, 0.2) is 12.2 Å². The summed E-state index contributed by atoms with van der Waals surface area (Å²) < 4.78 is 83.5. The SMILES string of the molecule is C=C(C)C(=O)OC(CC(O)(C(F)(F)F)C(F)(F)F)C(CCC)CCC(C)C. The average Bonchev–Trinajstić information content (AvgIpc) is 2.47. The number of rotatable bonds is 10. The van der Waals surface area contributed by atoms with Crippen LogP contribution in [0.5, 0.6) is 0 Å². The van der Waals surface area contributed by atoms with Gasteiger partial charge in [-0.05, 0) is 31.6 Å². The fourth-order valence-corrected chi connectivity index (χ4v) is 2.66. The molecule has 9 heteroatoms. The highest BCUT2D eigenvalue weighted by Crippen LogP contribution is 2.47. The zero-order valence-electron chi connectivity index (χ0n) is 16.0. The maximum atomic E-state index is 13.1. The first-order valence-electron chi connectivity index (χ1n) is 8.79. The Morgan fingerprint density at radius 3 is 1.85 bits per heavy atom. The van der Waals surface area contributed by atoms with Crippen LogP contribution in [0.3, 0.4) is 0 Å². The quantitative estimate of drug-likeness (QED) is 0.293. The van der Waals surface area contributed by atoms with E-state index in [1.54, 1.807) is 6.92 Å². The molecule has 2 atom stereocenters. The van der Waals surface area contributed by atoms with Crippen LogP contribution in [0.25, 0.3) is 0 Å². The lowest BCUT2D eigenvalue weighted by atomic mass is 9.82. The second-order valence-electron chi connectivity index (χ2n) is 7.30. The van der Waals surface area contributed by atoms with E-state index in [2.05, 4.69) is 6.58 Å². The topological polar surface area (TPSA) is 46.5 Å². The smallest absolute Gasteiger partial charge is 0.426 e. The van der Waals surface area contributed by atoms with Crippen molar-refractivity contribution in [3.63, 3.8) is 0 Å². The van der Waals surface area contributed by atoms with Gasteiger partial charge in [0.1, 0.15) is 6.10 Å². The van der Waals surface area contributed by atoms with Crippen LogP contribution < -0.4 is 0 Å². The number of alkyl halides is 6. The van der Waals surface area contributed by atoms with E-state index < -0.39 is 42.4 Å². The van der Waals surface area contributed by atoms with Gasteiger partial charge in [0.2, 0.25) is 0 Å². The predicted octanol–water partition coefficient (Wildman–Crippen LogP) is 5.57. The standard InChI is InChI=1S/C18H28F6O3/c1-6-7-13(9-8-11(2)3)14(27-15(25)12(4)5)10-16(26,17(19,20)21)18(22,23)24/h11,13-14,26H,4,6-10H2,1-3,5H3. The summed E-state index contributed by atoms with van der Waals surface area (Å²) in [6.07, 6.45) is -14.0. The van der Waals surface area contributed by atoms with E-state index in [1.807, 2.05) is 13.8 Å². The zero-order valence-corrected chi connectivity index (χ0v) is 16.0. The van der Waals surface area contributed by atoms with E-state index in [0.717, 1.165) is 0 Å². The van der Waals surface area contributed by atoms with Crippen molar-refractivity contribution in [2.75, 3.05) is 0 Å². The number of carbonyl (C=O) groups is 1. The highest BCUT2D eigenvalue weighted by atomic mass is 19.4. The van der Waals surface area contributed by atoms with Crippen LogP contribution in [-0.4, -0.2) is 35.1 Å². The molecule has 0 aliphatic heterocycles. The molecule has 160 valence electrons. The lowest BCUT2D eigenvalue weighted by Gasteiger charge is -2.37. The molecule has 0 heterocycles. The zero-order chi connectivity index (χ0) is 21.6. The number of hydrogen-bond acceptors (Lipinski definition) is 3. The molecule has 0 saturated heterocycles. The fraction of sp³-hybridized carbons (Fsp3) is 0.833. The van der Waals surface area contributed by atoms with Crippen molar-refractivity contribution in [1.29, 1.82) is 0 Å². The van der Waals surface area contributed by atoms with E-state index in [-0.39, 0.29) is 24.3 Å². The second-order valence-corrected chi connectivity index (χ2v) is 7.30. The number of carbonyl (C=O) groups excluding carboxylic acids is 1. The van der Waals surface area contributed by atoms with Crippen LogP contribution in [0.4, 0.5) is 26.3 Å². The summed E-state index contributed by atoms with van der Waals surface area (Å²) in [4.78, 5) is 11.8. The molecule has 0 aromatic rings. The third kappa shape index (κ3) is 7.35. The molecule has 27 heavy (non-hydrogen) atoms. The van der Waals surface area contributed by atoms with Crippen molar-refractivity contribution in [3.8, 4) is 0 Å². The number of hydrogen-bond donors (Lipinski definition) is 1. The molecule has 3 nitrogen and oxygen atoms in total. The number of aliphatic hydroxyl groups is 1. The van der Waals surface area contributed by atoms with Crippen molar-refractivity contribution < 1.29 is 41.0 Å². The van der Waals surface area contributed by atoms with Crippen LogP contribution in [0, 0.1) is 11.8 Å². The number of esters is 1. The monoisotopic (exact) mass is 406 g/mol. The van der Waals surface area contributed by atoms with Gasteiger partial charge in [0.15, 0.2) is 0 Å². The summed E-state index contributed by atoms with van der Waals surface area (Å²) in [6.45, 7) is 9.98. The maximum Gasteiger partial charge on any atom is 0.426 e. The van der Waals surface area contributed by atoms with Gasteiger partial charge < -0.3 is 9.84 Å².